The highest BCUT2D eigenvalue weighted by atomic mass is 35.5. The van der Waals surface area contributed by atoms with Crippen molar-refractivity contribution in [3.05, 3.63) is 48.2 Å². The summed E-state index contributed by atoms with van der Waals surface area (Å²) >= 11 is 5.30. The lowest BCUT2D eigenvalue weighted by atomic mass is 10.3. The zero-order chi connectivity index (χ0) is 17.0. The van der Waals surface area contributed by atoms with Crippen molar-refractivity contribution in [3.63, 3.8) is 0 Å². The second kappa shape index (κ2) is 6.87. The van der Waals surface area contributed by atoms with E-state index in [2.05, 4.69) is 4.98 Å². The molecule has 1 unspecified atom stereocenters. The molecular weight excluding hydrogens is 335 g/mol. The molecule has 0 saturated carbocycles. The Morgan fingerprint density at radius 2 is 1.91 bits per heavy atom. The standard InChI is InChI=1S/C15H11ClF3NO3/c1-9(14(16)21)22-11-3-2-4-12(7-11)23-13-6-5-10(8-20-13)15(17,18)19/h2-9H,1H3. The number of nitrogens with zero attached hydrogens (tertiary/aromatic N) is 1. The van der Waals surface area contributed by atoms with Crippen LogP contribution in [-0.2, 0) is 11.0 Å². The molecule has 0 spiro atoms. The molecule has 122 valence electrons. The molecule has 2 aromatic rings. The molecule has 0 radical (unpaired) electrons. The molecule has 0 fully saturated rings. The number of pyridine rings is 1. The summed E-state index contributed by atoms with van der Waals surface area (Å²) in [6, 6.07) is 8.21. The molecule has 0 amide bonds. The van der Waals surface area contributed by atoms with Crippen LogP contribution < -0.4 is 9.47 Å². The van der Waals surface area contributed by atoms with Gasteiger partial charge in [0.05, 0.1) is 5.56 Å². The van der Waals surface area contributed by atoms with Gasteiger partial charge in [-0.05, 0) is 36.7 Å². The predicted molar refractivity (Wildman–Crippen MR) is 76.7 cm³/mol. The summed E-state index contributed by atoms with van der Waals surface area (Å²) in [5.74, 6) is 0.622. The molecule has 1 atom stereocenters. The molecule has 0 aliphatic rings. The minimum Gasteiger partial charge on any atom is -0.481 e. The van der Waals surface area contributed by atoms with Crippen LogP contribution in [0.2, 0.25) is 0 Å². The van der Waals surface area contributed by atoms with Crippen LogP contribution in [0.5, 0.6) is 17.4 Å². The third kappa shape index (κ3) is 4.85. The fourth-order valence-electron chi connectivity index (χ4n) is 1.59. The summed E-state index contributed by atoms with van der Waals surface area (Å²) in [4.78, 5) is 14.5. The maximum absolute atomic E-state index is 12.5. The van der Waals surface area contributed by atoms with Crippen LogP contribution >= 0.6 is 11.6 Å². The number of carbonyl (C=O) groups is 1. The molecule has 23 heavy (non-hydrogen) atoms. The number of aromatic nitrogens is 1. The first-order valence-electron chi connectivity index (χ1n) is 6.43. The first-order chi connectivity index (χ1) is 10.8. The molecule has 1 aromatic carbocycles. The zero-order valence-electron chi connectivity index (χ0n) is 11.8. The summed E-state index contributed by atoms with van der Waals surface area (Å²) in [6.45, 7) is 1.49. The van der Waals surface area contributed by atoms with Gasteiger partial charge in [-0.2, -0.15) is 13.2 Å². The Kier molecular flexibility index (Phi) is 5.10. The van der Waals surface area contributed by atoms with E-state index in [9.17, 15) is 18.0 Å². The summed E-state index contributed by atoms with van der Waals surface area (Å²) < 4.78 is 48.0. The largest absolute Gasteiger partial charge is 0.481 e. The summed E-state index contributed by atoms with van der Waals surface area (Å²) in [6.07, 6.45) is -4.61. The van der Waals surface area contributed by atoms with Gasteiger partial charge in [0.2, 0.25) is 5.88 Å². The van der Waals surface area contributed by atoms with Crippen LogP contribution in [0.1, 0.15) is 12.5 Å². The Morgan fingerprint density at radius 3 is 2.48 bits per heavy atom. The average molecular weight is 346 g/mol. The monoisotopic (exact) mass is 345 g/mol. The molecule has 0 saturated heterocycles. The van der Waals surface area contributed by atoms with Crippen molar-refractivity contribution in [2.24, 2.45) is 0 Å². The quantitative estimate of drug-likeness (QED) is 0.752. The normalized spacial score (nSPS) is 12.6. The third-order valence-corrected chi connectivity index (χ3v) is 3.03. The fraction of sp³-hybridized carbons (Fsp3) is 0.200. The lowest BCUT2D eigenvalue weighted by molar-refractivity contribution is -0.137. The van der Waals surface area contributed by atoms with E-state index in [4.69, 9.17) is 21.1 Å². The van der Waals surface area contributed by atoms with Crippen LogP contribution in [0.15, 0.2) is 42.6 Å². The van der Waals surface area contributed by atoms with Gasteiger partial charge in [-0.3, -0.25) is 4.79 Å². The highest BCUT2D eigenvalue weighted by Gasteiger charge is 2.30. The van der Waals surface area contributed by atoms with Crippen LogP contribution in [-0.4, -0.2) is 16.3 Å². The van der Waals surface area contributed by atoms with Gasteiger partial charge in [-0.15, -0.1) is 0 Å². The second-order valence-electron chi connectivity index (χ2n) is 4.52. The summed E-state index contributed by atoms with van der Waals surface area (Å²) in [5.41, 5.74) is -0.864. The summed E-state index contributed by atoms with van der Waals surface area (Å²) in [7, 11) is 0. The SMILES string of the molecule is CC(Oc1cccc(Oc2ccc(C(F)(F)F)cn2)c1)C(=O)Cl. The minimum atomic E-state index is -4.45. The molecule has 2 rings (SSSR count). The maximum atomic E-state index is 12.5. The van der Waals surface area contributed by atoms with Crippen molar-refractivity contribution in [1.82, 2.24) is 4.98 Å². The van der Waals surface area contributed by atoms with E-state index in [1.165, 1.54) is 13.0 Å². The van der Waals surface area contributed by atoms with E-state index in [1.54, 1.807) is 18.2 Å². The van der Waals surface area contributed by atoms with Gasteiger partial charge < -0.3 is 9.47 Å². The average Bonchev–Trinajstić information content (AvgIpc) is 2.47. The Bertz CT molecular complexity index is 689. The van der Waals surface area contributed by atoms with Crippen molar-refractivity contribution < 1.29 is 27.4 Å². The van der Waals surface area contributed by atoms with E-state index >= 15 is 0 Å². The van der Waals surface area contributed by atoms with Gasteiger partial charge in [0.1, 0.15) is 11.5 Å². The van der Waals surface area contributed by atoms with Gasteiger partial charge in [0, 0.05) is 18.3 Å². The van der Waals surface area contributed by atoms with E-state index in [-0.39, 0.29) is 5.88 Å². The van der Waals surface area contributed by atoms with E-state index in [1.807, 2.05) is 0 Å². The predicted octanol–water partition coefficient (Wildman–Crippen LogP) is 4.43. The highest BCUT2D eigenvalue weighted by Crippen LogP contribution is 2.30. The van der Waals surface area contributed by atoms with Crippen molar-refractivity contribution in [1.29, 1.82) is 0 Å². The number of ether oxygens (including phenoxy) is 2. The molecule has 8 heteroatoms. The number of halogens is 4. The number of rotatable bonds is 5. The third-order valence-electron chi connectivity index (χ3n) is 2.72. The molecule has 0 N–H and O–H groups in total. The molecule has 4 nitrogen and oxygen atoms in total. The van der Waals surface area contributed by atoms with E-state index in [0.29, 0.717) is 17.7 Å². The van der Waals surface area contributed by atoms with Crippen molar-refractivity contribution in [2.75, 3.05) is 0 Å². The van der Waals surface area contributed by atoms with Crippen LogP contribution in [0.4, 0.5) is 13.2 Å². The second-order valence-corrected chi connectivity index (χ2v) is 4.90. The maximum Gasteiger partial charge on any atom is 0.417 e. The minimum absolute atomic E-state index is 0.00313. The number of hydrogen-bond donors (Lipinski definition) is 0. The Labute approximate surface area is 134 Å². The number of benzene rings is 1. The Hall–Kier alpha value is -2.28. The van der Waals surface area contributed by atoms with Crippen molar-refractivity contribution in [3.8, 4) is 17.4 Å². The Balaban J connectivity index is 2.10. The number of carbonyl (C=O) groups excluding carboxylic acids is 1. The highest BCUT2D eigenvalue weighted by molar-refractivity contribution is 6.64. The smallest absolute Gasteiger partial charge is 0.417 e. The van der Waals surface area contributed by atoms with Crippen molar-refractivity contribution in [2.45, 2.75) is 19.2 Å². The van der Waals surface area contributed by atoms with Gasteiger partial charge in [-0.1, -0.05) is 6.07 Å². The van der Waals surface area contributed by atoms with E-state index in [0.717, 1.165) is 12.1 Å². The fourth-order valence-corrected chi connectivity index (χ4v) is 1.64. The summed E-state index contributed by atoms with van der Waals surface area (Å²) in [5, 5.41) is -0.652. The van der Waals surface area contributed by atoms with Gasteiger partial charge in [0.25, 0.3) is 5.24 Å². The molecule has 1 aromatic heterocycles. The topological polar surface area (TPSA) is 48.4 Å². The van der Waals surface area contributed by atoms with Crippen molar-refractivity contribution >= 4 is 16.8 Å². The van der Waals surface area contributed by atoms with Crippen LogP contribution in [0, 0.1) is 0 Å². The van der Waals surface area contributed by atoms with Crippen LogP contribution in [0.3, 0.4) is 0 Å². The molecule has 0 bridgehead atoms. The molecule has 0 aliphatic carbocycles. The Morgan fingerprint density at radius 1 is 1.22 bits per heavy atom. The molecular formula is C15H11ClF3NO3. The lowest BCUT2D eigenvalue weighted by Gasteiger charge is -2.12. The van der Waals surface area contributed by atoms with Gasteiger partial charge >= 0.3 is 6.18 Å². The first-order valence-corrected chi connectivity index (χ1v) is 6.80. The number of hydrogen-bond acceptors (Lipinski definition) is 4. The van der Waals surface area contributed by atoms with E-state index < -0.39 is 23.1 Å². The van der Waals surface area contributed by atoms with Gasteiger partial charge in [-0.25, -0.2) is 4.98 Å². The first kappa shape index (κ1) is 17.1. The zero-order valence-corrected chi connectivity index (χ0v) is 12.6. The van der Waals surface area contributed by atoms with Gasteiger partial charge in [0.15, 0.2) is 6.10 Å². The van der Waals surface area contributed by atoms with Crippen LogP contribution in [0.25, 0.3) is 0 Å². The molecule has 1 heterocycles. The lowest BCUT2D eigenvalue weighted by Crippen LogP contribution is -2.18. The molecule has 0 aliphatic heterocycles. The number of alkyl halides is 3.